The number of piperazine rings is 1. The van der Waals surface area contributed by atoms with Crippen LogP contribution in [0.2, 0.25) is 0 Å². The van der Waals surface area contributed by atoms with Crippen molar-refractivity contribution in [1.29, 1.82) is 0 Å². The van der Waals surface area contributed by atoms with E-state index in [4.69, 9.17) is 5.73 Å². The highest BCUT2D eigenvalue weighted by Gasteiger charge is 2.30. The summed E-state index contributed by atoms with van der Waals surface area (Å²) in [6.07, 6.45) is 0. The first-order valence-electron chi connectivity index (χ1n) is 5.85. The van der Waals surface area contributed by atoms with Crippen LogP contribution >= 0.6 is 0 Å². The maximum Gasteiger partial charge on any atom is 0.277 e. The molecule has 0 unspecified atom stereocenters. The molecule has 1 saturated heterocycles. The molecule has 0 aromatic carbocycles. The standard InChI is InChI=1S/C11H15N5O3/c1-5(2)9-8(12)10(15-14-9)11(19)16-3-6(17)13-7(18)4-16/h5H,3-4,12H2,1-2H3,(H,14,15)(H,13,17,18). The van der Waals surface area contributed by atoms with Crippen molar-refractivity contribution in [2.75, 3.05) is 18.8 Å². The minimum Gasteiger partial charge on any atom is -0.395 e. The number of amides is 3. The maximum atomic E-state index is 12.2. The molecule has 2 rings (SSSR count). The van der Waals surface area contributed by atoms with Gasteiger partial charge in [-0.05, 0) is 5.92 Å². The third kappa shape index (κ3) is 2.42. The van der Waals surface area contributed by atoms with Gasteiger partial charge in [0.05, 0.1) is 11.4 Å². The first kappa shape index (κ1) is 13.1. The van der Waals surface area contributed by atoms with E-state index < -0.39 is 17.7 Å². The molecule has 8 heteroatoms. The van der Waals surface area contributed by atoms with Gasteiger partial charge in [0, 0.05) is 0 Å². The average Bonchev–Trinajstić information content (AvgIpc) is 2.69. The van der Waals surface area contributed by atoms with E-state index in [1.54, 1.807) is 0 Å². The van der Waals surface area contributed by atoms with Gasteiger partial charge in [-0.15, -0.1) is 0 Å². The van der Waals surface area contributed by atoms with Crippen LogP contribution in [0.4, 0.5) is 5.69 Å². The number of hydrogen-bond donors (Lipinski definition) is 3. The second-order valence-corrected chi connectivity index (χ2v) is 4.69. The quantitative estimate of drug-likeness (QED) is 0.605. The second-order valence-electron chi connectivity index (χ2n) is 4.69. The molecule has 0 saturated carbocycles. The van der Waals surface area contributed by atoms with Crippen molar-refractivity contribution in [3.8, 4) is 0 Å². The predicted octanol–water partition coefficient (Wildman–Crippen LogP) is -0.786. The fourth-order valence-electron chi connectivity index (χ4n) is 1.90. The number of aromatic nitrogens is 2. The Balaban J connectivity index is 2.24. The van der Waals surface area contributed by atoms with Gasteiger partial charge >= 0.3 is 0 Å². The van der Waals surface area contributed by atoms with E-state index >= 15 is 0 Å². The largest absolute Gasteiger partial charge is 0.395 e. The number of aromatic amines is 1. The van der Waals surface area contributed by atoms with E-state index in [0.29, 0.717) is 5.69 Å². The highest BCUT2D eigenvalue weighted by molar-refractivity contribution is 6.06. The number of carbonyl (C=O) groups excluding carboxylic acids is 3. The zero-order valence-electron chi connectivity index (χ0n) is 10.7. The molecule has 0 spiro atoms. The molecule has 1 aromatic heterocycles. The molecular weight excluding hydrogens is 250 g/mol. The highest BCUT2D eigenvalue weighted by atomic mass is 16.2. The lowest BCUT2D eigenvalue weighted by molar-refractivity contribution is -0.135. The minimum absolute atomic E-state index is 0.0474. The number of nitrogen functional groups attached to an aromatic ring is 1. The first-order chi connectivity index (χ1) is 8.90. The fraction of sp³-hybridized carbons (Fsp3) is 0.455. The summed E-state index contributed by atoms with van der Waals surface area (Å²) in [6.45, 7) is 3.48. The van der Waals surface area contributed by atoms with Gasteiger partial charge in [0.15, 0.2) is 5.69 Å². The zero-order chi connectivity index (χ0) is 14.2. The summed E-state index contributed by atoms with van der Waals surface area (Å²) in [4.78, 5) is 35.8. The van der Waals surface area contributed by atoms with Crippen LogP contribution in [0, 0.1) is 0 Å². The third-order valence-electron chi connectivity index (χ3n) is 2.85. The summed E-state index contributed by atoms with van der Waals surface area (Å²) in [5, 5.41) is 8.71. The Morgan fingerprint density at radius 1 is 1.32 bits per heavy atom. The number of nitrogens with two attached hydrogens (primary N) is 1. The Labute approximate surface area is 109 Å². The number of nitrogens with one attached hydrogen (secondary N) is 2. The van der Waals surface area contributed by atoms with Crippen molar-refractivity contribution in [2.45, 2.75) is 19.8 Å². The summed E-state index contributed by atoms with van der Waals surface area (Å²) in [6, 6.07) is 0. The molecule has 1 aliphatic heterocycles. The second kappa shape index (κ2) is 4.71. The van der Waals surface area contributed by atoms with Gasteiger partial charge in [-0.25, -0.2) is 0 Å². The number of carbonyl (C=O) groups is 3. The molecule has 102 valence electrons. The zero-order valence-corrected chi connectivity index (χ0v) is 10.7. The van der Waals surface area contributed by atoms with Crippen LogP contribution in [0.15, 0.2) is 0 Å². The SMILES string of the molecule is CC(C)c1[nH]nc(C(=O)N2CC(=O)NC(=O)C2)c1N. The lowest BCUT2D eigenvalue weighted by atomic mass is 10.1. The lowest BCUT2D eigenvalue weighted by Gasteiger charge is -2.24. The van der Waals surface area contributed by atoms with E-state index in [1.165, 1.54) is 0 Å². The van der Waals surface area contributed by atoms with Crippen LogP contribution in [-0.4, -0.2) is 45.9 Å². The lowest BCUT2D eigenvalue weighted by Crippen LogP contribution is -2.53. The number of imide groups is 1. The van der Waals surface area contributed by atoms with Crippen LogP contribution < -0.4 is 11.1 Å². The molecule has 2 heterocycles. The topological polar surface area (TPSA) is 121 Å². The van der Waals surface area contributed by atoms with Gasteiger partial charge in [-0.2, -0.15) is 5.10 Å². The van der Waals surface area contributed by atoms with Crippen molar-refractivity contribution < 1.29 is 14.4 Å². The van der Waals surface area contributed by atoms with Crippen LogP contribution in [-0.2, 0) is 9.59 Å². The molecule has 1 fully saturated rings. The molecular formula is C11H15N5O3. The van der Waals surface area contributed by atoms with Gasteiger partial charge in [0.25, 0.3) is 5.91 Å². The van der Waals surface area contributed by atoms with Gasteiger partial charge in [-0.3, -0.25) is 24.8 Å². The third-order valence-corrected chi connectivity index (χ3v) is 2.85. The smallest absolute Gasteiger partial charge is 0.277 e. The van der Waals surface area contributed by atoms with E-state index in [2.05, 4.69) is 15.5 Å². The van der Waals surface area contributed by atoms with Gasteiger partial charge in [-0.1, -0.05) is 13.8 Å². The van der Waals surface area contributed by atoms with E-state index in [0.717, 1.165) is 4.90 Å². The number of rotatable bonds is 2. The van der Waals surface area contributed by atoms with Crippen LogP contribution in [0.1, 0.15) is 35.9 Å². The summed E-state index contributed by atoms with van der Waals surface area (Å²) < 4.78 is 0. The molecule has 19 heavy (non-hydrogen) atoms. The Kier molecular flexibility index (Phi) is 3.24. The molecule has 3 amide bonds. The summed E-state index contributed by atoms with van der Waals surface area (Å²) in [5.41, 5.74) is 6.83. The summed E-state index contributed by atoms with van der Waals surface area (Å²) in [5.74, 6) is -1.45. The van der Waals surface area contributed by atoms with Crippen molar-refractivity contribution in [3.63, 3.8) is 0 Å². The van der Waals surface area contributed by atoms with E-state index in [1.807, 2.05) is 13.8 Å². The molecule has 0 aliphatic carbocycles. The van der Waals surface area contributed by atoms with Crippen LogP contribution in [0.3, 0.4) is 0 Å². The Morgan fingerprint density at radius 2 is 1.89 bits per heavy atom. The molecule has 0 bridgehead atoms. The highest BCUT2D eigenvalue weighted by Crippen LogP contribution is 2.23. The predicted molar refractivity (Wildman–Crippen MR) is 66.1 cm³/mol. The normalized spacial score (nSPS) is 15.8. The fourth-order valence-corrected chi connectivity index (χ4v) is 1.90. The molecule has 1 aliphatic rings. The van der Waals surface area contributed by atoms with Crippen molar-refractivity contribution >= 4 is 23.4 Å². The Morgan fingerprint density at radius 3 is 2.37 bits per heavy atom. The molecule has 0 atom stereocenters. The summed E-state index contributed by atoms with van der Waals surface area (Å²) >= 11 is 0. The van der Waals surface area contributed by atoms with E-state index in [-0.39, 0.29) is 30.4 Å². The average molecular weight is 265 g/mol. The molecule has 1 aromatic rings. The van der Waals surface area contributed by atoms with Gasteiger partial charge in [0.1, 0.15) is 13.1 Å². The number of hydrogen-bond acceptors (Lipinski definition) is 5. The van der Waals surface area contributed by atoms with Gasteiger partial charge in [0.2, 0.25) is 11.8 Å². The summed E-state index contributed by atoms with van der Waals surface area (Å²) in [7, 11) is 0. The number of anilines is 1. The molecule has 8 nitrogen and oxygen atoms in total. The monoisotopic (exact) mass is 265 g/mol. The van der Waals surface area contributed by atoms with Crippen LogP contribution in [0.25, 0.3) is 0 Å². The Bertz CT molecular complexity index is 533. The van der Waals surface area contributed by atoms with Gasteiger partial charge < -0.3 is 10.6 Å². The van der Waals surface area contributed by atoms with Crippen molar-refractivity contribution in [2.24, 2.45) is 0 Å². The van der Waals surface area contributed by atoms with Crippen molar-refractivity contribution in [3.05, 3.63) is 11.4 Å². The molecule has 4 N–H and O–H groups in total. The molecule has 0 radical (unpaired) electrons. The van der Waals surface area contributed by atoms with E-state index in [9.17, 15) is 14.4 Å². The maximum absolute atomic E-state index is 12.2. The minimum atomic E-state index is -0.524. The number of nitrogens with zero attached hydrogens (tertiary/aromatic N) is 2. The first-order valence-corrected chi connectivity index (χ1v) is 5.85. The Hall–Kier alpha value is -2.38. The van der Waals surface area contributed by atoms with Crippen LogP contribution in [0.5, 0.6) is 0 Å². The number of H-pyrrole nitrogens is 1. The van der Waals surface area contributed by atoms with Crippen molar-refractivity contribution in [1.82, 2.24) is 20.4 Å².